The lowest BCUT2D eigenvalue weighted by Gasteiger charge is -2.30. The number of hydrogen-bond acceptors (Lipinski definition) is 4. The number of nitrogens with one attached hydrogen (secondary N) is 1. The van der Waals surface area contributed by atoms with Gasteiger partial charge >= 0.3 is 0 Å². The van der Waals surface area contributed by atoms with Crippen LogP contribution in [0.1, 0.15) is 35.8 Å². The summed E-state index contributed by atoms with van der Waals surface area (Å²) in [5.74, 6) is 1.36. The molecule has 1 saturated heterocycles. The molecule has 0 radical (unpaired) electrons. The molecule has 0 aliphatic carbocycles. The van der Waals surface area contributed by atoms with Crippen LogP contribution in [-0.4, -0.2) is 29.2 Å². The van der Waals surface area contributed by atoms with Crippen molar-refractivity contribution in [2.24, 2.45) is 5.92 Å². The Balaban J connectivity index is 1.59. The Morgan fingerprint density at radius 1 is 1.21 bits per heavy atom. The molecule has 126 valence electrons. The highest BCUT2D eigenvalue weighted by molar-refractivity contribution is 6.31. The van der Waals surface area contributed by atoms with Gasteiger partial charge in [-0.05, 0) is 42.5 Å². The van der Waals surface area contributed by atoms with Gasteiger partial charge in [-0.3, -0.25) is 4.79 Å². The summed E-state index contributed by atoms with van der Waals surface area (Å²) < 4.78 is 0. The van der Waals surface area contributed by atoms with E-state index in [-0.39, 0.29) is 5.91 Å². The summed E-state index contributed by atoms with van der Waals surface area (Å²) in [7, 11) is 0. The van der Waals surface area contributed by atoms with E-state index in [9.17, 15) is 4.79 Å². The Kier molecular flexibility index (Phi) is 5.30. The van der Waals surface area contributed by atoms with Gasteiger partial charge in [0.05, 0.1) is 0 Å². The predicted molar refractivity (Wildman–Crippen MR) is 95.3 cm³/mol. The van der Waals surface area contributed by atoms with Gasteiger partial charge in [-0.15, -0.1) is 10.2 Å². The van der Waals surface area contributed by atoms with Crippen LogP contribution in [0.25, 0.3) is 0 Å². The van der Waals surface area contributed by atoms with Crippen LogP contribution in [-0.2, 0) is 6.54 Å². The zero-order valence-electron chi connectivity index (χ0n) is 13.7. The summed E-state index contributed by atoms with van der Waals surface area (Å²) in [6.45, 7) is 4.63. The highest BCUT2D eigenvalue weighted by Gasteiger charge is 2.18. The van der Waals surface area contributed by atoms with Gasteiger partial charge in [0.1, 0.15) is 0 Å². The molecule has 1 fully saturated rings. The number of nitrogens with zero attached hydrogens (tertiary/aromatic N) is 3. The van der Waals surface area contributed by atoms with Crippen LogP contribution >= 0.6 is 11.6 Å². The molecule has 0 bridgehead atoms. The van der Waals surface area contributed by atoms with E-state index in [1.165, 1.54) is 12.8 Å². The topological polar surface area (TPSA) is 58.1 Å². The van der Waals surface area contributed by atoms with Gasteiger partial charge in [-0.1, -0.05) is 36.7 Å². The van der Waals surface area contributed by atoms with E-state index in [2.05, 4.69) is 27.3 Å². The highest BCUT2D eigenvalue weighted by Crippen LogP contribution is 2.20. The second-order valence-electron chi connectivity index (χ2n) is 6.22. The number of carbonyl (C=O) groups excluding carboxylic acids is 1. The molecule has 0 spiro atoms. The van der Waals surface area contributed by atoms with E-state index in [1.807, 2.05) is 24.3 Å². The van der Waals surface area contributed by atoms with Crippen LogP contribution in [0.3, 0.4) is 0 Å². The highest BCUT2D eigenvalue weighted by atomic mass is 35.5. The Bertz CT molecular complexity index is 696. The molecule has 1 aromatic heterocycles. The number of amides is 1. The lowest BCUT2D eigenvalue weighted by atomic mass is 9.99. The van der Waals surface area contributed by atoms with Crippen molar-refractivity contribution in [1.82, 2.24) is 15.5 Å². The van der Waals surface area contributed by atoms with Crippen molar-refractivity contribution in [2.45, 2.75) is 26.3 Å². The molecule has 1 aliphatic heterocycles. The number of carbonyl (C=O) groups is 1. The molecular weight excluding hydrogens is 324 g/mol. The largest absolute Gasteiger partial charge is 0.355 e. The molecule has 1 aliphatic rings. The van der Waals surface area contributed by atoms with E-state index >= 15 is 0 Å². The fraction of sp³-hybridized carbons (Fsp3) is 0.389. The van der Waals surface area contributed by atoms with Crippen LogP contribution < -0.4 is 10.2 Å². The summed E-state index contributed by atoms with van der Waals surface area (Å²) in [6, 6.07) is 11.0. The lowest BCUT2D eigenvalue weighted by Crippen LogP contribution is -2.33. The fourth-order valence-corrected chi connectivity index (χ4v) is 2.96. The van der Waals surface area contributed by atoms with E-state index in [4.69, 9.17) is 11.6 Å². The normalized spacial score (nSPS) is 15.3. The number of anilines is 1. The molecule has 3 rings (SSSR count). The molecule has 0 unspecified atom stereocenters. The van der Waals surface area contributed by atoms with Crippen molar-refractivity contribution in [2.75, 3.05) is 18.0 Å². The van der Waals surface area contributed by atoms with E-state index < -0.39 is 0 Å². The molecule has 24 heavy (non-hydrogen) atoms. The van der Waals surface area contributed by atoms with Crippen LogP contribution in [0.5, 0.6) is 0 Å². The zero-order valence-corrected chi connectivity index (χ0v) is 14.5. The Labute approximate surface area is 147 Å². The third-order valence-electron chi connectivity index (χ3n) is 4.39. The monoisotopic (exact) mass is 344 g/mol. The zero-order chi connectivity index (χ0) is 16.9. The summed E-state index contributed by atoms with van der Waals surface area (Å²) in [5.41, 5.74) is 1.19. The van der Waals surface area contributed by atoms with Crippen molar-refractivity contribution < 1.29 is 4.79 Å². The van der Waals surface area contributed by atoms with E-state index in [1.54, 1.807) is 12.1 Å². The maximum atomic E-state index is 12.2. The number of aromatic nitrogens is 2. The third kappa shape index (κ3) is 4.03. The summed E-state index contributed by atoms with van der Waals surface area (Å²) >= 11 is 6.09. The fourth-order valence-electron chi connectivity index (χ4n) is 2.76. The van der Waals surface area contributed by atoms with Crippen molar-refractivity contribution in [3.8, 4) is 0 Å². The average molecular weight is 345 g/mol. The van der Waals surface area contributed by atoms with Crippen molar-refractivity contribution in [1.29, 1.82) is 0 Å². The van der Waals surface area contributed by atoms with Gasteiger partial charge in [-0.2, -0.15) is 0 Å². The van der Waals surface area contributed by atoms with Gasteiger partial charge in [0.25, 0.3) is 5.91 Å². The van der Waals surface area contributed by atoms with Crippen molar-refractivity contribution in [3.63, 3.8) is 0 Å². The molecule has 5 nitrogen and oxygen atoms in total. The van der Waals surface area contributed by atoms with Crippen LogP contribution in [0.4, 0.5) is 5.82 Å². The minimum Gasteiger partial charge on any atom is -0.355 e. The van der Waals surface area contributed by atoms with Gasteiger partial charge in [0.2, 0.25) is 0 Å². The minimum absolute atomic E-state index is 0.249. The SMILES string of the molecule is CC1CCN(c2ccc(C(=O)NCc3ccccc3Cl)nn2)CC1. The molecule has 6 heteroatoms. The number of benzene rings is 1. The summed E-state index contributed by atoms with van der Waals surface area (Å²) in [6.07, 6.45) is 2.34. The maximum absolute atomic E-state index is 12.2. The molecule has 2 heterocycles. The molecule has 1 amide bonds. The quantitative estimate of drug-likeness (QED) is 0.924. The Hall–Kier alpha value is -2.14. The van der Waals surface area contributed by atoms with E-state index in [0.29, 0.717) is 17.3 Å². The van der Waals surface area contributed by atoms with Gasteiger partial charge < -0.3 is 10.2 Å². The van der Waals surface area contributed by atoms with Crippen LogP contribution in [0.2, 0.25) is 5.02 Å². The summed E-state index contributed by atoms with van der Waals surface area (Å²) in [5, 5.41) is 11.7. The number of halogens is 1. The Morgan fingerprint density at radius 2 is 1.96 bits per heavy atom. The molecular formula is C18H21ClN4O. The smallest absolute Gasteiger partial charge is 0.272 e. The first kappa shape index (κ1) is 16.7. The predicted octanol–water partition coefficient (Wildman–Crippen LogP) is 3.30. The van der Waals surface area contributed by atoms with E-state index in [0.717, 1.165) is 30.4 Å². The second-order valence-corrected chi connectivity index (χ2v) is 6.63. The van der Waals surface area contributed by atoms with Crippen molar-refractivity contribution >= 4 is 23.3 Å². The Morgan fingerprint density at radius 3 is 2.62 bits per heavy atom. The molecule has 2 aromatic rings. The van der Waals surface area contributed by atoms with Gasteiger partial charge in [0.15, 0.2) is 11.5 Å². The molecule has 1 N–H and O–H groups in total. The maximum Gasteiger partial charge on any atom is 0.272 e. The standard InChI is InChI=1S/C18H21ClN4O/c1-13-8-10-23(11-9-13)17-7-6-16(21-22-17)18(24)20-12-14-4-2-3-5-15(14)19/h2-7,13H,8-12H2,1H3,(H,20,24). The van der Waals surface area contributed by atoms with Crippen LogP contribution in [0.15, 0.2) is 36.4 Å². The first-order chi connectivity index (χ1) is 11.6. The summed E-state index contributed by atoms with van der Waals surface area (Å²) in [4.78, 5) is 14.4. The second kappa shape index (κ2) is 7.62. The number of hydrogen-bond donors (Lipinski definition) is 1. The van der Waals surface area contributed by atoms with Crippen LogP contribution in [0, 0.1) is 5.92 Å². The molecule has 0 atom stereocenters. The first-order valence-corrected chi connectivity index (χ1v) is 8.61. The third-order valence-corrected chi connectivity index (χ3v) is 4.76. The first-order valence-electron chi connectivity index (χ1n) is 8.24. The number of piperidine rings is 1. The van der Waals surface area contributed by atoms with Crippen molar-refractivity contribution in [3.05, 3.63) is 52.7 Å². The number of rotatable bonds is 4. The molecule has 0 saturated carbocycles. The van der Waals surface area contributed by atoms with Gasteiger partial charge in [-0.25, -0.2) is 0 Å². The average Bonchev–Trinajstić information content (AvgIpc) is 2.62. The minimum atomic E-state index is -0.249. The lowest BCUT2D eigenvalue weighted by molar-refractivity contribution is 0.0945. The molecule has 1 aromatic carbocycles. The van der Waals surface area contributed by atoms with Gasteiger partial charge in [0, 0.05) is 24.7 Å².